The number of aliphatic hydroxyl groups is 1. The summed E-state index contributed by atoms with van der Waals surface area (Å²) in [5.41, 5.74) is 1.00. The standard InChI is InChI=1S/C15H13ClF2O3/c1-20-12-7-4-10(8-13(12)21-15(17)18)14(19)9-2-5-11(16)6-3-9/h2-8,14-15,19H,1H3. The summed E-state index contributed by atoms with van der Waals surface area (Å²) < 4.78 is 34.1. The van der Waals surface area contributed by atoms with E-state index in [2.05, 4.69) is 4.74 Å². The molecule has 1 unspecified atom stereocenters. The fraction of sp³-hybridized carbons (Fsp3) is 0.200. The van der Waals surface area contributed by atoms with Gasteiger partial charge in [-0.2, -0.15) is 8.78 Å². The molecule has 3 nitrogen and oxygen atoms in total. The number of benzene rings is 2. The predicted octanol–water partition coefficient (Wildman–Crippen LogP) is 4.03. The van der Waals surface area contributed by atoms with Crippen molar-refractivity contribution >= 4 is 11.6 Å². The van der Waals surface area contributed by atoms with Gasteiger partial charge in [0.2, 0.25) is 0 Å². The van der Waals surface area contributed by atoms with E-state index in [1.54, 1.807) is 30.3 Å². The molecule has 1 N–H and O–H groups in total. The lowest BCUT2D eigenvalue weighted by molar-refractivity contribution is -0.0513. The molecule has 0 aliphatic rings. The van der Waals surface area contributed by atoms with Crippen molar-refractivity contribution in [3.8, 4) is 11.5 Å². The maximum absolute atomic E-state index is 12.4. The maximum Gasteiger partial charge on any atom is 0.387 e. The summed E-state index contributed by atoms with van der Waals surface area (Å²) in [6.45, 7) is -2.97. The van der Waals surface area contributed by atoms with Crippen molar-refractivity contribution < 1.29 is 23.4 Å². The van der Waals surface area contributed by atoms with Gasteiger partial charge < -0.3 is 14.6 Å². The molecule has 2 aromatic rings. The Kier molecular flexibility index (Phi) is 4.98. The van der Waals surface area contributed by atoms with Crippen molar-refractivity contribution in [2.45, 2.75) is 12.7 Å². The molecule has 2 aromatic carbocycles. The van der Waals surface area contributed by atoms with Gasteiger partial charge in [-0.15, -0.1) is 0 Å². The van der Waals surface area contributed by atoms with Gasteiger partial charge in [-0.25, -0.2) is 0 Å². The van der Waals surface area contributed by atoms with E-state index in [1.165, 1.54) is 19.2 Å². The molecule has 21 heavy (non-hydrogen) atoms. The van der Waals surface area contributed by atoms with E-state index < -0.39 is 12.7 Å². The molecular formula is C15H13ClF2O3. The first-order valence-corrected chi connectivity index (χ1v) is 6.45. The second kappa shape index (κ2) is 6.74. The van der Waals surface area contributed by atoms with Crippen LogP contribution >= 0.6 is 11.6 Å². The van der Waals surface area contributed by atoms with Crippen molar-refractivity contribution in [1.29, 1.82) is 0 Å². The minimum Gasteiger partial charge on any atom is -0.493 e. The lowest BCUT2D eigenvalue weighted by atomic mass is 10.0. The Labute approximate surface area is 125 Å². The molecule has 0 bridgehead atoms. The van der Waals surface area contributed by atoms with E-state index in [0.29, 0.717) is 16.1 Å². The third-order valence-electron chi connectivity index (χ3n) is 2.91. The van der Waals surface area contributed by atoms with E-state index in [0.717, 1.165) is 0 Å². The summed E-state index contributed by atoms with van der Waals surface area (Å²) in [7, 11) is 1.35. The van der Waals surface area contributed by atoms with Crippen LogP contribution in [0.25, 0.3) is 0 Å². The Morgan fingerprint density at radius 1 is 1.00 bits per heavy atom. The predicted molar refractivity (Wildman–Crippen MR) is 75.1 cm³/mol. The molecule has 0 saturated carbocycles. The molecule has 0 heterocycles. The lowest BCUT2D eigenvalue weighted by Gasteiger charge is -2.15. The molecule has 0 fully saturated rings. The van der Waals surface area contributed by atoms with Crippen LogP contribution in [0.3, 0.4) is 0 Å². The molecule has 0 saturated heterocycles. The normalized spacial score (nSPS) is 12.3. The first-order valence-electron chi connectivity index (χ1n) is 6.07. The van der Waals surface area contributed by atoms with Gasteiger partial charge >= 0.3 is 6.61 Å². The number of alkyl halides is 2. The number of methoxy groups -OCH3 is 1. The molecule has 1 atom stereocenters. The summed E-state index contributed by atoms with van der Waals surface area (Å²) in [6, 6.07) is 11.0. The molecular weight excluding hydrogens is 302 g/mol. The average molecular weight is 315 g/mol. The molecule has 112 valence electrons. The van der Waals surface area contributed by atoms with Crippen LogP contribution in [0.2, 0.25) is 5.02 Å². The van der Waals surface area contributed by atoms with Crippen LogP contribution in [-0.2, 0) is 0 Å². The molecule has 0 aromatic heterocycles. The monoisotopic (exact) mass is 314 g/mol. The Morgan fingerprint density at radius 2 is 1.62 bits per heavy atom. The largest absolute Gasteiger partial charge is 0.493 e. The van der Waals surface area contributed by atoms with Crippen LogP contribution in [0, 0.1) is 0 Å². The van der Waals surface area contributed by atoms with E-state index in [1.807, 2.05) is 0 Å². The molecule has 6 heteroatoms. The maximum atomic E-state index is 12.4. The van der Waals surface area contributed by atoms with Crippen molar-refractivity contribution in [3.63, 3.8) is 0 Å². The topological polar surface area (TPSA) is 38.7 Å². The molecule has 0 amide bonds. The van der Waals surface area contributed by atoms with E-state index in [9.17, 15) is 13.9 Å². The molecule has 0 aliphatic carbocycles. The number of rotatable bonds is 5. The van der Waals surface area contributed by atoms with Crippen LogP contribution in [0.4, 0.5) is 8.78 Å². The SMILES string of the molecule is COc1ccc(C(O)c2ccc(Cl)cc2)cc1OC(F)F. The number of halogens is 3. The Balaban J connectivity index is 2.32. The highest BCUT2D eigenvalue weighted by Crippen LogP contribution is 2.33. The van der Waals surface area contributed by atoms with Gasteiger partial charge in [0.1, 0.15) is 6.10 Å². The van der Waals surface area contributed by atoms with Crippen molar-refractivity contribution in [2.75, 3.05) is 7.11 Å². The number of hydrogen-bond acceptors (Lipinski definition) is 3. The van der Waals surface area contributed by atoms with E-state index >= 15 is 0 Å². The summed E-state index contributed by atoms with van der Waals surface area (Å²) in [5.74, 6) is 0.0420. The highest BCUT2D eigenvalue weighted by molar-refractivity contribution is 6.30. The van der Waals surface area contributed by atoms with Gasteiger partial charge in [-0.3, -0.25) is 0 Å². The highest BCUT2D eigenvalue weighted by Gasteiger charge is 2.16. The van der Waals surface area contributed by atoms with Gasteiger partial charge in [-0.05, 0) is 35.4 Å². The zero-order valence-electron chi connectivity index (χ0n) is 11.1. The van der Waals surface area contributed by atoms with Gasteiger partial charge in [0.25, 0.3) is 0 Å². The zero-order valence-corrected chi connectivity index (χ0v) is 11.8. The van der Waals surface area contributed by atoms with Crippen LogP contribution in [0.15, 0.2) is 42.5 Å². The van der Waals surface area contributed by atoms with Crippen LogP contribution in [0.5, 0.6) is 11.5 Å². The second-order valence-corrected chi connectivity index (χ2v) is 4.68. The van der Waals surface area contributed by atoms with Crippen molar-refractivity contribution in [1.82, 2.24) is 0 Å². The van der Waals surface area contributed by atoms with Gasteiger partial charge in [0, 0.05) is 5.02 Å². The summed E-state index contributed by atoms with van der Waals surface area (Å²) >= 11 is 5.78. The van der Waals surface area contributed by atoms with Gasteiger partial charge in [-0.1, -0.05) is 29.8 Å². The lowest BCUT2D eigenvalue weighted by Crippen LogP contribution is -2.06. The smallest absolute Gasteiger partial charge is 0.387 e. The van der Waals surface area contributed by atoms with Gasteiger partial charge in [0.15, 0.2) is 11.5 Å². The summed E-state index contributed by atoms with van der Waals surface area (Å²) in [5, 5.41) is 10.8. The quantitative estimate of drug-likeness (QED) is 0.905. The van der Waals surface area contributed by atoms with E-state index in [4.69, 9.17) is 16.3 Å². The summed E-state index contributed by atoms with van der Waals surface area (Å²) in [4.78, 5) is 0. The average Bonchev–Trinajstić information content (AvgIpc) is 2.46. The van der Waals surface area contributed by atoms with Gasteiger partial charge in [0.05, 0.1) is 7.11 Å². The van der Waals surface area contributed by atoms with Crippen LogP contribution in [-0.4, -0.2) is 18.8 Å². The molecule has 0 radical (unpaired) electrons. The van der Waals surface area contributed by atoms with Crippen molar-refractivity contribution in [2.24, 2.45) is 0 Å². The summed E-state index contributed by atoms with van der Waals surface area (Å²) in [6.07, 6.45) is -0.979. The minimum absolute atomic E-state index is 0.127. The number of ether oxygens (including phenoxy) is 2. The highest BCUT2D eigenvalue weighted by atomic mass is 35.5. The third kappa shape index (κ3) is 3.83. The fourth-order valence-electron chi connectivity index (χ4n) is 1.89. The first kappa shape index (κ1) is 15.5. The van der Waals surface area contributed by atoms with E-state index in [-0.39, 0.29) is 11.5 Å². The Hall–Kier alpha value is -1.85. The van der Waals surface area contributed by atoms with Crippen molar-refractivity contribution in [3.05, 3.63) is 58.6 Å². The molecule has 0 spiro atoms. The molecule has 0 aliphatic heterocycles. The Bertz CT molecular complexity index is 602. The van der Waals surface area contributed by atoms with Crippen LogP contribution < -0.4 is 9.47 Å². The third-order valence-corrected chi connectivity index (χ3v) is 3.16. The molecule has 2 rings (SSSR count). The number of aliphatic hydroxyl groups excluding tert-OH is 1. The number of hydrogen-bond donors (Lipinski definition) is 1. The second-order valence-electron chi connectivity index (χ2n) is 4.24. The van der Waals surface area contributed by atoms with Crippen LogP contribution in [0.1, 0.15) is 17.2 Å². The Morgan fingerprint density at radius 3 is 2.19 bits per heavy atom. The minimum atomic E-state index is -2.97. The fourth-order valence-corrected chi connectivity index (χ4v) is 2.01. The zero-order chi connectivity index (χ0) is 15.4. The first-order chi connectivity index (χ1) is 10.0.